The molecule has 1 fully saturated rings. The molecule has 3 amide bonds. The number of hydrogen-bond acceptors (Lipinski definition) is 8. The zero-order valence-electron chi connectivity index (χ0n) is 17.9. The van der Waals surface area contributed by atoms with E-state index in [2.05, 4.69) is 20.3 Å². The van der Waals surface area contributed by atoms with E-state index in [1.807, 2.05) is 4.90 Å². The van der Waals surface area contributed by atoms with E-state index >= 15 is 0 Å². The number of primary amides is 1. The summed E-state index contributed by atoms with van der Waals surface area (Å²) in [6, 6.07) is 6.17. The van der Waals surface area contributed by atoms with Gasteiger partial charge in [-0.05, 0) is 37.1 Å². The Morgan fingerprint density at radius 2 is 1.94 bits per heavy atom. The van der Waals surface area contributed by atoms with Crippen LogP contribution in [0.25, 0.3) is 0 Å². The molecule has 1 saturated heterocycles. The van der Waals surface area contributed by atoms with Gasteiger partial charge in [-0.2, -0.15) is 0 Å². The molecule has 2 aromatic heterocycles. The predicted octanol–water partition coefficient (Wildman–Crippen LogP) is 3.44. The molecule has 0 atom stereocenters. The summed E-state index contributed by atoms with van der Waals surface area (Å²) in [5.41, 5.74) is 6.11. The van der Waals surface area contributed by atoms with E-state index in [1.165, 1.54) is 41.3 Å². The van der Waals surface area contributed by atoms with E-state index in [4.69, 9.17) is 17.3 Å². The van der Waals surface area contributed by atoms with E-state index in [-0.39, 0.29) is 23.1 Å². The highest BCUT2D eigenvalue weighted by atomic mass is 35.5. The lowest BCUT2D eigenvalue weighted by molar-refractivity contribution is -0.129. The molecule has 0 aliphatic carbocycles. The van der Waals surface area contributed by atoms with E-state index in [0.717, 1.165) is 17.8 Å². The van der Waals surface area contributed by atoms with Crippen LogP contribution >= 0.6 is 34.7 Å². The lowest BCUT2D eigenvalue weighted by atomic mass is 9.97. The van der Waals surface area contributed by atoms with Gasteiger partial charge in [0.25, 0.3) is 5.91 Å². The van der Waals surface area contributed by atoms with Crippen LogP contribution in [0.1, 0.15) is 44.6 Å². The number of piperidine rings is 1. The van der Waals surface area contributed by atoms with Crippen LogP contribution in [0.2, 0.25) is 5.02 Å². The van der Waals surface area contributed by atoms with Gasteiger partial charge < -0.3 is 16.0 Å². The highest BCUT2D eigenvalue weighted by molar-refractivity contribution is 7.99. The summed E-state index contributed by atoms with van der Waals surface area (Å²) in [5.74, 6) is -0.484. The summed E-state index contributed by atoms with van der Waals surface area (Å²) in [6.45, 7) is 1.27. The number of rotatable bonds is 7. The number of aromatic nitrogens is 3. The topological polar surface area (TPSA) is 131 Å². The summed E-state index contributed by atoms with van der Waals surface area (Å²) in [5, 5.41) is 6.13. The minimum Gasteiger partial charge on any atom is -0.366 e. The average molecular weight is 517 g/mol. The number of amides is 3. The predicted molar refractivity (Wildman–Crippen MR) is 131 cm³/mol. The van der Waals surface area contributed by atoms with Crippen molar-refractivity contribution in [2.24, 2.45) is 5.73 Å². The van der Waals surface area contributed by atoms with Crippen molar-refractivity contribution >= 4 is 58.1 Å². The summed E-state index contributed by atoms with van der Waals surface area (Å²) >= 11 is 8.88. The number of benzene rings is 1. The Bertz CT molecular complexity index is 1200. The molecule has 0 radical (unpaired) electrons. The second-order valence-corrected chi connectivity index (χ2v) is 9.80. The molecule has 176 valence electrons. The van der Waals surface area contributed by atoms with Gasteiger partial charge in [0.2, 0.25) is 11.8 Å². The Balaban J connectivity index is 1.31. The third kappa shape index (κ3) is 5.91. The Hall–Kier alpha value is -3.02. The number of hydrogen-bond donors (Lipinski definition) is 2. The third-order valence-electron chi connectivity index (χ3n) is 5.32. The molecule has 9 nitrogen and oxygen atoms in total. The lowest BCUT2D eigenvalue weighted by Crippen LogP contribution is -2.39. The number of thiazole rings is 1. The lowest BCUT2D eigenvalue weighted by Gasteiger charge is -2.31. The SMILES string of the molecule is NC(=O)c1ccc(Cl)c(NC(=O)c2csc(C3CCN(C(=O)CSc4ncccn4)CC3)n2)c1. The molecule has 0 unspecified atom stereocenters. The van der Waals surface area contributed by atoms with Crippen molar-refractivity contribution in [1.29, 1.82) is 0 Å². The van der Waals surface area contributed by atoms with Crippen molar-refractivity contribution in [1.82, 2.24) is 19.9 Å². The van der Waals surface area contributed by atoms with Crippen LogP contribution in [-0.4, -0.2) is 56.4 Å². The minimum atomic E-state index is -0.611. The van der Waals surface area contributed by atoms with E-state index in [9.17, 15) is 14.4 Å². The summed E-state index contributed by atoms with van der Waals surface area (Å²) in [4.78, 5) is 51.2. The molecule has 0 bridgehead atoms. The van der Waals surface area contributed by atoms with Crippen LogP contribution in [0.3, 0.4) is 0 Å². The van der Waals surface area contributed by atoms with Crippen molar-refractivity contribution in [2.75, 3.05) is 24.2 Å². The fourth-order valence-electron chi connectivity index (χ4n) is 3.49. The molecular weight excluding hydrogens is 496 g/mol. The zero-order chi connectivity index (χ0) is 24.1. The fourth-order valence-corrected chi connectivity index (χ4v) is 5.34. The summed E-state index contributed by atoms with van der Waals surface area (Å²) in [7, 11) is 0. The van der Waals surface area contributed by atoms with Gasteiger partial charge in [0.15, 0.2) is 5.16 Å². The second kappa shape index (κ2) is 10.9. The van der Waals surface area contributed by atoms with E-state index in [1.54, 1.807) is 23.8 Å². The molecule has 1 aliphatic heterocycles. The van der Waals surface area contributed by atoms with Crippen LogP contribution in [-0.2, 0) is 4.79 Å². The number of nitrogens with two attached hydrogens (primary N) is 1. The van der Waals surface area contributed by atoms with E-state index < -0.39 is 11.8 Å². The summed E-state index contributed by atoms with van der Waals surface area (Å²) < 4.78 is 0. The Kier molecular flexibility index (Phi) is 7.76. The number of nitrogens with one attached hydrogen (secondary N) is 1. The van der Waals surface area contributed by atoms with E-state index in [0.29, 0.717) is 34.7 Å². The zero-order valence-corrected chi connectivity index (χ0v) is 20.3. The van der Waals surface area contributed by atoms with Gasteiger partial charge in [-0.1, -0.05) is 23.4 Å². The molecule has 3 heterocycles. The summed E-state index contributed by atoms with van der Waals surface area (Å²) in [6.07, 6.45) is 4.86. The first-order chi connectivity index (χ1) is 16.4. The molecule has 1 aliphatic rings. The smallest absolute Gasteiger partial charge is 0.275 e. The number of nitrogens with zero attached hydrogens (tertiary/aromatic N) is 4. The number of halogens is 1. The molecule has 1 aromatic carbocycles. The quantitative estimate of drug-likeness (QED) is 0.363. The van der Waals surface area contributed by atoms with Gasteiger partial charge in [0.1, 0.15) is 5.69 Å². The van der Waals surface area contributed by atoms with Crippen LogP contribution in [0.15, 0.2) is 47.2 Å². The van der Waals surface area contributed by atoms with Crippen molar-refractivity contribution in [3.05, 3.63) is 63.3 Å². The first kappa shape index (κ1) is 24.1. The Labute approximate surface area is 209 Å². The number of carbonyl (C=O) groups excluding carboxylic acids is 3. The molecule has 34 heavy (non-hydrogen) atoms. The number of carbonyl (C=O) groups is 3. The molecule has 3 aromatic rings. The highest BCUT2D eigenvalue weighted by Crippen LogP contribution is 2.31. The molecule has 0 saturated carbocycles. The average Bonchev–Trinajstić information content (AvgIpc) is 3.35. The first-order valence-corrected chi connectivity index (χ1v) is 12.7. The molecule has 0 spiro atoms. The monoisotopic (exact) mass is 516 g/mol. The number of thioether (sulfide) groups is 1. The van der Waals surface area contributed by atoms with Gasteiger partial charge in [0.05, 0.1) is 21.5 Å². The van der Waals surface area contributed by atoms with Crippen molar-refractivity contribution < 1.29 is 14.4 Å². The first-order valence-electron chi connectivity index (χ1n) is 10.4. The van der Waals surface area contributed by atoms with Crippen LogP contribution in [0, 0.1) is 0 Å². The third-order valence-corrected chi connectivity index (χ3v) is 7.51. The minimum absolute atomic E-state index is 0.0604. The van der Waals surface area contributed by atoms with Gasteiger partial charge in [-0.3, -0.25) is 14.4 Å². The fraction of sp³-hybridized carbons (Fsp3) is 0.273. The van der Waals surface area contributed by atoms with Crippen molar-refractivity contribution in [3.8, 4) is 0 Å². The van der Waals surface area contributed by atoms with Gasteiger partial charge >= 0.3 is 0 Å². The van der Waals surface area contributed by atoms with Gasteiger partial charge in [-0.15, -0.1) is 11.3 Å². The van der Waals surface area contributed by atoms with Crippen LogP contribution in [0.5, 0.6) is 0 Å². The molecular formula is C22H21ClN6O3S2. The molecule has 3 N–H and O–H groups in total. The molecule has 4 rings (SSSR count). The maximum atomic E-state index is 12.7. The maximum Gasteiger partial charge on any atom is 0.275 e. The Morgan fingerprint density at radius 1 is 1.21 bits per heavy atom. The second-order valence-electron chi connectivity index (χ2n) is 7.56. The maximum absolute atomic E-state index is 12.7. The number of anilines is 1. The molecule has 12 heteroatoms. The van der Waals surface area contributed by atoms with Crippen LogP contribution < -0.4 is 11.1 Å². The van der Waals surface area contributed by atoms with Crippen molar-refractivity contribution in [3.63, 3.8) is 0 Å². The highest BCUT2D eigenvalue weighted by Gasteiger charge is 2.26. The standard InChI is InChI=1S/C22H21ClN6O3S2/c23-15-3-2-14(19(24)31)10-16(15)27-20(32)17-11-33-21(28-17)13-4-8-29(9-5-13)18(30)12-34-22-25-6-1-7-26-22/h1-3,6-7,10-11,13H,4-5,8-9,12H2,(H2,24,31)(H,27,32). The largest absolute Gasteiger partial charge is 0.366 e. The van der Waals surface area contributed by atoms with Gasteiger partial charge in [-0.25, -0.2) is 15.0 Å². The number of likely N-dealkylation sites (tertiary alicyclic amines) is 1. The van der Waals surface area contributed by atoms with Crippen molar-refractivity contribution in [2.45, 2.75) is 23.9 Å². The Morgan fingerprint density at radius 3 is 2.65 bits per heavy atom. The normalized spacial score (nSPS) is 14.1. The van der Waals surface area contributed by atoms with Crippen LogP contribution in [0.4, 0.5) is 5.69 Å². The van der Waals surface area contributed by atoms with Gasteiger partial charge in [0, 0.05) is 42.3 Å².